The van der Waals surface area contributed by atoms with E-state index >= 15 is 0 Å². The normalized spacial score (nSPS) is 16.5. The molecule has 1 aliphatic carbocycles. The van der Waals surface area contributed by atoms with Crippen molar-refractivity contribution < 1.29 is 40.6 Å². The van der Waals surface area contributed by atoms with Gasteiger partial charge in [-0.2, -0.15) is 17.5 Å². The molecule has 0 saturated heterocycles. The molecule has 1 aliphatic rings. The summed E-state index contributed by atoms with van der Waals surface area (Å²) >= 11 is 11.4. The Labute approximate surface area is 196 Å². The Morgan fingerprint density at radius 3 is 2.55 bits per heavy atom. The van der Waals surface area contributed by atoms with Gasteiger partial charge in [0, 0.05) is 13.1 Å². The highest BCUT2D eigenvalue weighted by Gasteiger charge is 2.41. The zero-order valence-corrected chi connectivity index (χ0v) is 19.2. The molecule has 13 heteroatoms. The lowest BCUT2D eigenvalue weighted by Gasteiger charge is -2.33. The first-order chi connectivity index (χ1) is 15.2. The van der Waals surface area contributed by atoms with Crippen molar-refractivity contribution in [2.24, 2.45) is 0 Å². The van der Waals surface area contributed by atoms with Gasteiger partial charge in [-0.25, -0.2) is 17.6 Å². The molecule has 0 aromatic heterocycles. The zero-order valence-electron chi connectivity index (χ0n) is 16.9. The molecule has 0 amide bonds. The molecular formula is C20H17Cl2F4NO5S. The number of carboxylic acids is 1. The molecule has 2 aromatic rings. The van der Waals surface area contributed by atoms with Gasteiger partial charge in [-0.05, 0) is 48.6 Å². The van der Waals surface area contributed by atoms with Gasteiger partial charge in [0.15, 0.2) is 6.61 Å². The van der Waals surface area contributed by atoms with E-state index in [2.05, 4.69) is 0 Å². The van der Waals surface area contributed by atoms with Gasteiger partial charge in [0.05, 0.1) is 21.7 Å². The highest BCUT2D eigenvalue weighted by Crippen LogP contribution is 2.45. The number of hydrogen-bond donors (Lipinski definition) is 1. The molecule has 0 fully saturated rings. The standard InChI is InChI=1S/C20H17Cl2F4NO5S/c1-27(33(30,31)16-6-5-13(21)18(19(16)22)20(24,25)26)14-4-2-3-11-12(14)7-10(23)8-15(11)32-9-17(28)29/h5-8,14H,2-4,9H2,1H3,(H,28,29). The van der Waals surface area contributed by atoms with Gasteiger partial charge in [-0.3, -0.25) is 0 Å². The number of halogens is 6. The number of rotatable bonds is 6. The third-order valence-electron chi connectivity index (χ3n) is 5.26. The zero-order chi connectivity index (χ0) is 24.7. The Morgan fingerprint density at radius 2 is 1.94 bits per heavy atom. The summed E-state index contributed by atoms with van der Waals surface area (Å²) in [6, 6.07) is 2.82. The van der Waals surface area contributed by atoms with Crippen LogP contribution in [0.5, 0.6) is 5.75 Å². The van der Waals surface area contributed by atoms with Crippen molar-refractivity contribution in [3.05, 3.63) is 56.8 Å². The topological polar surface area (TPSA) is 83.9 Å². The third kappa shape index (κ3) is 5.06. The van der Waals surface area contributed by atoms with E-state index in [1.165, 1.54) is 0 Å². The number of carboxylic acid groups (broad SMARTS) is 1. The van der Waals surface area contributed by atoms with Crippen LogP contribution in [0.25, 0.3) is 0 Å². The SMILES string of the molecule is CN(C1CCCc2c(OCC(=O)O)cc(F)cc21)S(=O)(=O)c1ccc(Cl)c(C(F)(F)F)c1Cl. The molecule has 0 radical (unpaired) electrons. The number of sulfonamides is 1. The molecule has 0 bridgehead atoms. The Balaban J connectivity index is 2.08. The third-order valence-corrected chi connectivity index (χ3v) is 7.99. The molecule has 1 N–H and O–H groups in total. The molecule has 1 unspecified atom stereocenters. The maximum atomic E-state index is 14.3. The summed E-state index contributed by atoms with van der Waals surface area (Å²) in [5, 5.41) is 7.02. The number of benzene rings is 2. The second kappa shape index (κ2) is 9.28. The van der Waals surface area contributed by atoms with Crippen LogP contribution in [-0.2, 0) is 27.4 Å². The van der Waals surface area contributed by atoms with Crippen molar-refractivity contribution in [1.29, 1.82) is 0 Å². The van der Waals surface area contributed by atoms with Gasteiger partial charge in [-0.15, -0.1) is 0 Å². The molecule has 33 heavy (non-hydrogen) atoms. The van der Waals surface area contributed by atoms with Crippen molar-refractivity contribution in [3.63, 3.8) is 0 Å². The number of carbonyl (C=O) groups is 1. The van der Waals surface area contributed by atoms with Crippen molar-refractivity contribution in [3.8, 4) is 5.75 Å². The summed E-state index contributed by atoms with van der Waals surface area (Å²) in [6.07, 6.45) is -3.94. The maximum absolute atomic E-state index is 14.3. The van der Waals surface area contributed by atoms with E-state index < -0.39 is 61.1 Å². The minimum Gasteiger partial charge on any atom is -0.482 e. The maximum Gasteiger partial charge on any atom is 0.419 e. The lowest BCUT2D eigenvalue weighted by Crippen LogP contribution is -2.34. The Hall–Kier alpha value is -2.08. The second-order valence-electron chi connectivity index (χ2n) is 7.32. The van der Waals surface area contributed by atoms with Gasteiger partial charge in [0.2, 0.25) is 10.0 Å². The van der Waals surface area contributed by atoms with E-state index in [4.69, 9.17) is 33.0 Å². The first-order valence-corrected chi connectivity index (χ1v) is 11.6. The summed E-state index contributed by atoms with van der Waals surface area (Å²) in [5.74, 6) is -2.10. The highest BCUT2D eigenvalue weighted by molar-refractivity contribution is 7.89. The summed E-state index contributed by atoms with van der Waals surface area (Å²) in [7, 11) is -3.43. The van der Waals surface area contributed by atoms with Crippen LogP contribution in [0.1, 0.15) is 35.6 Å². The van der Waals surface area contributed by atoms with Gasteiger partial charge in [0.25, 0.3) is 0 Å². The van der Waals surface area contributed by atoms with Crippen LogP contribution in [0.4, 0.5) is 17.6 Å². The fourth-order valence-electron chi connectivity index (χ4n) is 3.79. The minimum atomic E-state index is -4.99. The van der Waals surface area contributed by atoms with E-state index in [1.54, 1.807) is 0 Å². The van der Waals surface area contributed by atoms with E-state index in [9.17, 15) is 30.8 Å². The number of ether oxygens (including phenoxy) is 1. The first-order valence-electron chi connectivity index (χ1n) is 9.45. The van der Waals surface area contributed by atoms with Crippen LogP contribution in [0.2, 0.25) is 10.0 Å². The summed E-state index contributed by atoms with van der Waals surface area (Å²) in [4.78, 5) is 10.0. The van der Waals surface area contributed by atoms with Crippen LogP contribution in [-0.4, -0.2) is 37.5 Å². The van der Waals surface area contributed by atoms with Crippen molar-refractivity contribution >= 4 is 39.2 Å². The van der Waals surface area contributed by atoms with Crippen LogP contribution in [0.3, 0.4) is 0 Å². The van der Waals surface area contributed by atoms with Crippen molar-refractivity contribution in [1.82, 2.24) is 4.31 Å². The molecular weight excluding hydrogens is 513 g/mol. The second-order valence-corrected chi connectivity index (χ2v) is 10.1. The molecule has 2 aromatic carbocycles. The average molecular weight is 530 g/mol. The predicted octanol–water partition coefficient (Wildman–Crippen LogP) is 5.31. The fraction of sp³-hybridized carbons (Fsp3) is 0.350. The van der Waals surface area contributed by atoms with Crippen molar-refractivity contribution in [2.75, 3.05) is 13.7 Å². The van der Waals surface area contributed by atoms with Crippen LogP contribution >= 0.6 is 23.2 Å². The number of nitrogens with zero attached hydrogens (tertiary/aromatic N) is 1. The number of fused-ring (bicyclic) bond motifs is 1. The van der Waals surface area contributed by atoms with Crippen LogP contribution in [0.15, 0.2) is 29.2 Å². The predicted molar refractivity (Wildman–Crippen MR) is 112 cm³/mol. The summed E-state index contributed by atoms with van der Waals surface area (Å²) < 4.78 is 86.9. The minimum absolute atomic E-state index is 0.0354. The number of aliphatic carboxylic acids is 1. The monoisotopic (exact) mass is 529 g/mol. The molecule has 0 aliphatic heterocycles. The summed E-state index contributed by atoms with van der Waals surface area (Å²) in [5.41, 5.74) is -0.817. The first kappa shape index (κ1) is 25.5. The fourth-order valence-corrected chi connectivity index (χ4v) is 6.10. The lowest BCUT2D eigenvalue weighted by molar-refractivity contribution is -0.139. The largest absolute Gasteiger partial charge is 0.482 e. The highest BCUT2D eigenvalue weighted by atomic mass is 35.5. The van der Waals surface area contributed by atoms with Gasteiger partial charge in [0.1, 0.15) is 16.5 Å². The van der Waals surface area contributed by atoms with Gasteiger partial charge >= 0.3 is 12.1 Å². The van der Waals surface area contributed by atoms with E-state index in [0.717, 1.165) is 35.6 Å². The Morgan fingerprint density at radius 1 is 1.27 bits per heavy atom. The molecule has 1 atom stereocenters. The molecule has 6 nitrogen and oxygen atoms in total. The van der Waals surface area contributed by atoms with Crippen LogP contribution < -0.4 is 4.74 Å². The average Bonchev–Trinajstić information content (AvgIpc) is 2.69. The quantitative estimate of drug-likeness (QED) is 0.512. The number of hydrogen-bond acceptors (Lipinski definition) is 4. The van der Waals surface area contributed by atoms with E-state index in [-0.39, 0.29) is 17.7 Å². The molecule has 180 valence electrons. The molecule has 3 rings (SSSR count). The van der Waals surface area contributed by atoms with Gasteiger partial charge < -0.3 is 9.84 Å². The molecule has 0 saturated carbocycles. The van der Waals surface area contributed by atoms with Crippen LogP contribution in [0, 0.1) is 5.82 Å². The van der Waals surface area contributed by atoms with E-state index in [1.807, 2.05) is 0 Å². The van der Waals surface area contributed by atoms with Gasteiger partial charge in [-0.1, -0.05) is 23.2 Å². The summed E-state index contributed by atoms with van der Waals surface area (Å²) in [6.45, 7) is -0.727. The Kier molecular flexibility index (Phi) is 7.18. The Bertz CT molecular complexity index is 1200. The smallest absolute Gasteiger partial charge is 0.419 e. The lowest BCUT2D eigenvalue weighted by atomic mass is 9.87. The van der Waals surface area contributed by atoms with E-state index in [0.29, 0.717) is 18.4 Å². The molecule has 0 heterocycles. The molecule has 0 spiro atoms. The van der Waals surface area contributed by atoms with Crippen molar-refractivity contribution in [2.45, 2.75) is 36.4 Å². The number of alkyl halides is 3.